The van der Waals surface area contributed by atoms with E-state index in [1.165, 1.54) is 0 Å². The van der Waals surface area contributed by atoms with Gasteiger partial charge in [0.25, 0.3) is 0 Å². The lowest BCUT2D eigenvalue weighted by Gasteiger charge is -2.25. The minimum absolute atomic E-state index is 0.00671. The summed E-state index contributed by atoms with van der Waals surface area (Å²) >= 11 is 0. The third-order valence-electron chi connectivity index (χ3n) is 3.12. The van der Waals surface area contributed by atoms with Crippen LogP contribution in [-0.4, -0.2) is 43.4 Å². The van der Waals surface area contributed by atoms with E-state index < -0.39 is 6.04 Å². The van der Waals surface area contributed by atoms with Gasteiger partial charge in [0, 0.05) is 6.04 Å². The number of hydrogen-bond acceptors (Lipinski definition) is 3. The lowest BCUT2D eigenvalue weighted by atomic mass is 10.00. The summed E-state index contributed by atoms with van der Waals surface area (Å²) in [5, 5.41) is 5.45. The summed E-state index contributed by atoms with van der Waals surface area (Å²) in [5.41, 5.74) is 2.00. The predicted octanol–water partition coefficient (Wildman–Crippen LogP) is 1.24. The Balaban J connectivity index is 2.76. The summed E-state index contributed by atoms with van der Waals surface area (Å²) in [7, 11) is 3.70. The molecule has 0 radical (unpaired) electrons. The molecule has 0 aromatic heterocycles. The van der Waals surface area contributed by atoms with Crippen LogP contribution in [0.2, 0.25) is 0 Å². The molecule has 1 aromatic carbocycles. The Morgan fingerprint density at radius 1 is 1.19 bits per heavy atom. The van der Waals surface area contributed by atoms with E-state index in [0.29, 0.717) is 0 Å². The van der Waals surface area contributed by atoms with Gasteiger partial charge in [0.1, 0.15) is 6.04 Å². The van der Waals surface area contributed by atoms with Gasteiger partial charge in [-0.25, -0.2) is 0 Å². The number of hydrogen-bond donors (Lipinski definition) is 2. The Kier molecular flexibility index (Phi) is 6.37. The van der Waals surface area contributed by atoms with Crippen LogP contribution in [0.15, 0.2) is 24.3 Å². The normalized spacial score (nSPS) is 12.3. The van der Waals surface area contributed by atoms with Gasteiger partial charge in [0.05, 0.1) is 6.54 Å². The van der Waals surface area contributed by atoms with Crippen LogP contribution < -0.4 is 10.6 Å². The van der Waals surface area contributed by atoms with Crippen molar-refractivity contribution in [2.24, 2.45) is 0 Å². The molecular weight excluding hydrogens is 266 g/mol. The molecule has 0 heterocycles. The number of nitrogens with zero attached hydrogens (tertiary/aromatic N) is 1. The van der Waals surface area contributed by atoms with Crippen molar-refractivity contribution in [1.29, 1.82) is 0 Å². The van der Waals surface area contributed by atoms with Gasteiger partial charge in [0.2, 0.25) is 11.8 Å². The number of carbonyl (C=O) groups is 2. The third-order valence-corrected chi connectivity index (χ3v) is 3.12. The lowest BCUT2D eigenvalue weighted by Crippen LogP contribution is -2.43. The third kappa shape index (κ3) is 5.19. The molecular formula is C16H25N3O2. The lowest BCUT2D eigenvalue weighted by molar-refractivity contribution is -0.129. The summed E-state index contributed by atoms with van der Waals surface area (Å²) in [4.78, 5) is 25.9. The molecule has 1 rings (SSSR count). The fourth-order valence-electron chi connectivity index (χ4n) is 2.18. The van der Waals surface area contributed by atoms with Crippen LogP contribution in [0.1, 0.15) is 31.0 Å². The predicted molar refractivity (Wildman–Crippen MR) is 83.9 cm³/mol. The van der Waals surface area contributed by atoms with E-state index in [-0.39, 0.29) is 24.4 Å². The van der Waals surface area contributed by atoms with Crippen LogP contribution in [0.25, 0.3) is 0 Å². The van der Waals surface area contributed by atoms with Crippen LogP contribution in [0.5, 0.6) is 0 Å². The maximum absolute atomic E-state index is 12.4. The molecule has 21 heavy (non-hydrogen) atoms. The van der Waals surface area contributed by atoms with E-state index >= 15 is 0 Å². The summed E-state index contributed by atoms with van der Waals surface area (Å²) in [5.74, 6) is -0.353. The van der Waals surface area contributed by atoms with E-state index in [2.05, 4.69) is 10.6 Å². The van der Waals surface area contributed by atoms with Crippen LogP contribution in [0.3, 0.4) is 0 Å². The molecule has 116 valence electrons. The number of nitrogens with one attached hydrogen (secondary N) is 2. The average molecular weight is 291 g/mol. The number of benzene rings is 1. The first-order chi connectivity index (χ1) is 9.82. The molecule has 1 atom stereocenters. The van der Waals surface area contributed by atoms with Gasteiger partial charge in [-0.05, 0) is 46.0 Å². The largest absolute Gasteiger partial charge is 0.352 e. The van der Waals surface area contributed by atoms with Gasteiger partial charge < -0.3 is 10.6 Å². The second kappa shape index (κ2) is 7.78. The number of likely N-dealkylation sites (N-methyl/N-ethyl adjacent to an activating group) is 1. The van der Waals surface area contributed by atoms with Crippen molar-refractivity contribution in [2.75, 3.05) is 20.6 Å². The van der Waals surface area contributed by atoms with Crippen LogP contribution >= 0.6 is 0 Å². The van der Waals surface area contributed by atoms with E-state index in [0.717, 1.165) is 11.1 Å². The monoisotopic (exact) mass is 291 g/mol. The number of carbonyl (C=O) groups excluding carboxylic acids is 2. The number of amides is 2. The molecule has 0 aliphatic rings. The van der Waals surface area contributed by atoms with Crippen molar-refractivity contribution in [3.63, 3.8) is 0 Å². The fraction of sp³-hybridized carbons (Fsp3) is 0.500. The molecule has 0 aliphatic carbocycles. The first-order valence-electron chi connectivity index (χ1n) is 7.12. The Labute approximate surface area is 126 Å². The molecule has 0 unspecified atom stereocenters. The molecule has 1 aromatic rings. The SMILES string of the molecule is Cc1ccccc1[C@@H](C(=O)NCC(=O)NC(C)C)N(C)C. The van der Waals surface area contributed by atoms with Crippen molar-refractivity contribution in [3.05, 3.63) is 35.4 Å². The summed E-state index contributed by atoms with van der Waals surface area (Å²) in [6.07, 6.45) is 0. The summed E-state index contributed by atoms with van der Waals surface area (Å²) in [6, 6.07) is 7.43. The number of rotatable bonds is 6. The highest BCUT2D eigenvalue weighted by molar-refractivity contribution is 5.88. The highest BCUT2D eigenvalue weighted by Crippen LogP contribution is 2.21. The highest BCUT2D eigenvalue weighted by atomic mass is 16.2. The zero-order valence-corrected chi connectivity index (χ0v) is 13.4. The summed E-state index contributed by atoms with van der Waals surface area (Å²) < 4.78 is 0. The standard InChI is InChI=1S/C16H25N3O2/c1-11(2)18-14(20)10-17-16(21)15(19(4)5)13-9-7-6-8-12(13)3/h6-9,11,15H,10H2,1-5H3,(H,17,21)(H,18,20)/t15-/m0/s1. The molecule has 0 fully saturated rings. The second-order valence-electron chi connectivity index (χ2n) is 5.66. The smallest absolute Gasteiger partial charge is 0.242 e. The van der Waals surface area contributed by atoms with E-state index in [4.69, 9.17) is 0 Å². The van der Waals surface area contributed by atoms with Gasteiger partial charge >= 0.3 is 0 Å². The van der Waals surface area contributed by atoms with Crippen LogP contribution in [-0.2, 0) is 9.59 Å². The first-order valence-corrected chi connectivity index (χ1v) is 7.12. The van der Waals surface area contributed by atoms with Crippen LogP contribution in [0, 0.1) is 6.92 Å². The van der Waals surface area contributed by atoms with Gasteiger partial charge in [0.15, 0.2) is 0 Å². The molecule has 0 bridgehead atoms. The van der Waals surface area contributed by atoms with Crippen molar-refractivity contribution < 1.29 is 9.59 Å². The van der Waals surface area contributed by atoms with E-state index in [1.54, 1.807) is 0 Å². The van der Waals surface area contributed by atoms with Crippen molar-refractivity contribution >= 4 is 11.8 Å². The minimum atomic E-state index is -0.405. The van der Waals surface area contributed by atoms with E-state index in [9.17, 15) is 9.59 Å². The van der Waals surface area contributed by atoms with Gasteiger partial charge in [-0.2, -0.15) is 0 Å². The van der Waals surface area contributed by atoms with Gasteiger partial charge in [-0.3, -0.25) is 14.5 Å². The topological polar surface area (TPSA) is 61.4 Å². The zero-order chi connectivity index (χ0) is 16.0. The van der Waals surface area contributed by atoms with Crippen molar-refractivity contribution in [2.45, 2.75) is 32.9 Å². The fourth-order valence-corrected chi connectivity index (χ4v) is 2.18. The Bertz CT molecular complexity index is 498. The Hall–Kier alpha value is -1.88. The Morgan fingerprint density at radius 2 is 1.81 bits per heavy atom. The second-order valence-corrected chi connectivity index (χ2v) is 5.66. The average Bonchev–Trinajstić information content (AvgIpc) is 2.38. The minimum Gasteiger partial charge on any atom is -0.352 e. The maximum Gasteiger partial charge on any atom is 0.242 e. The summed E-state index contributed by atoms with van der Waals surface area (Å²) in [6.45, 7) is 5.74. The highest BCUT2D eigenvalue weighted by Gasteiger charge is 2.24. The maximum atomic E-state index is 12.4. The molecule has 0 saturated heterocycles. The molecule has 0 aliphatic heterocycles. The van der Waals surface area contributed by atoms with Crippen LogP contribution in [0.4, 0.5) is 0 Å². The molecule has 2 amide bonds. The molecule has 0 saturated carbocycles. The molecule has 0 spiro atoms. The van der Waals surface area contributed by atoms with Crippen molar-refractivity contribution in [3.8, 4) is 0 Å². The van der Waals surface area contributed by atoms with Gasteiger partial charge in [-0.1, -0.05) is 24.3 Å². The van der Waals surface area contributed by atoms with Crippen molar-refractivity contribution in [1.82, 2.24) is 15.5 Å². The Morgan fingerprint density at radius 3 is 2.33 bits per heavy atom. The molecule has 5 heteroatoms. The zero-order valence-electron chi connectivity index (χ0n) is 13.4. The quantitative estimate of drug-likeness (QED) is 0.829. The first kappa shape index (κ1) is 17.2. The van der Waals surface area contributed by atoms with Gasteiger partial charge in [-0.15, -0.1) is 0 Å². The van der Waals surface area contributed by atoms with E-state index in [1.807, 2.05) is 64.0 Å². The molecule has 2 N–H and O–H groups in total. The number of aryl methyl sites for hydroxylation is 1. The molecule has 5 nitrogen and oxygen atoms in total.